The zero-order chi connectivity index (χ0) is 17.4. The Hall–Kier alpha value is -1.88. The van der Waals surface area contributed by atoms with Crippen LogP contribution in [0, 0.1) is 6.92 Å². The number of carbonyl (C=O) groups is 2. The summed E-state index contributed by atoms with van der Waals surface area (Å²) >= 11 is 0. The third-order valence-electron chi connectivity index (χ3n) is 5.56. The van der Waals surface area contributed by atoms with Crippen LogP contribution < -0.4 is 0 Å². The Morgan fingerprint density at radius 3 is 2.62 bits per heavy atom. The molecule has 2 amide bonds. The molecule has 2 fully saturated rings. The van der Waals surface area contributed by atoms with Gasteiger partial charge in [0, 0.05) is 19.1 Å². The van der Waals surface area contributed by atoms with E-state index in [0.29, 0.717) is 19.0 Å². The molecule has 0 aliphatic carbocycles. The Morgan fingerprint density at radius 2 is 1.96 bits per heavy atom. The normalized spacial score (nSPS) is 26.9. The molecule has 5 heteroatoms. The zero-order valence-corrected chi connectivity index (χ0v) is 15.0. The van der Waals surface area contributed by atoms with Gasteiger partial charge in [0.2, 0.25) is 11.8 Å². The third kappa shape index (κ3) is 3.05. The topological polar surface area (TPSA) is 43.9 Å². The summed E-state index contributed by atoms with van der Waals surface area (Å²) in [6, 6.07) is 8.13. The number of fused-ring (bicyclic) bond motifs is 1. The van der Waals surface area contributed by atoms with Crippen molar-refractivity contribution >= 4 is 11.8 Å². The number of nitrogens with zero attached hydrogens (tertiary/aromatic N) is 3. The summed E-state index contributed by atoms with van der Waals surface area (Å²) in [5, 5.41) is 0. The molecule has 0 spiro atoms. The van der Waals surface area contributed by atoms with Gasteiger partial charge in [-0.05, 0) is 45.5 Å². The van der Waals surface area contributed by atoms with Crippen LogP contribution >= 0.6 is 0 Å². The van der Waals surface area contributed by atoms with Crippen LogP contribution in [0.25, 0.3) is 0 Å². The van der Waals surface area contributed by atoms with Gasteiger partial charge in [-0.1, -0.05) is 24.3 Å². The fraction of sp³-hybridized carbons (Fsp3) is 0.579. The molecule has 5 nitrogen and oxygen atoms in total. The van der Waals surface area contributed by atoms with Gasteiger partial charge in [-0.15, -0.1) is 0 Å². The first kappa shape index (κ1) is 17.0. The Morgan fingerprint density at radius 1 is 1.25 bits per heavy atom. The van der Waals surface area contributed by atoms with Crippen molar-refractivity contribution in [3.05, 3.63) is 35.4 Å². The van der Waals surface area contributed by atoms with Gasteiger partial charge >= 0.3 is 0 Å². The maximum absolute atomic E-state index is 12.8. The molecular weight excluding hydrogens is 302 g/mol. The highest BCUT2D eigenvalue weighted by molar-refractivity contribution is 5.90. The molecule has 2 heterocycles. The molecule has 0 N–H and O–H groups in total. The third-order valence-corrected chi connectivity index (χ3v) is 5.56. The van der Waals surface area contributed by atoms with Gasteiger partial charge in [0.1, 0.15) is 6.04 Å². The Labute approximate surface area is 144 Å². The maximum Gasteiger partial charge on any atom is 0.245 e. The number of benzene rings is 1. The average Bonchev–Trinajstić information content (AvgIpc) is 2.97. The molecular formula is C19H27N3O2. The van der Waals surface area contributed by atoms with Crippen LogP contribution in [-0.4, -0.2) is 71.8 Å². The molecule has 3 atom stereocenters. The number of rotatable bonds is 3. The number of amides is 2. The Kier molecular flexibility index (Phi) is 4.63. The van der Waals surface area contributed by atoms with E-state index in [1.807, 2.05) is 43.0 Å². The number of hydrogen-bond acceptors (Lipinski definition) is 3. The van der Waals surface area contributed by atoms with E-state index >= 15 is 0 Å². The van der Waals surface area contributed by atoms with E-state index in [4.69, 9.17) is 0 Å². The Balaban J connectivity index is 1.74. The highest BCUT2D eigenvalue weighted by Gasteiger charge is 2.45. The molecule has 3 unspecified atom stereocenters. The predicted molar refractivity (Wildman–Crippen MR) is 93.7 cm³/mol. The summed E-state index contributed by atoms with van der Waals surface area (Å²) in [7, 11) is 4.11. The first-order chi connectivity index (χ1) is 11.4. The molecule has 0 radical (unpaired) electrons. The van der Waals surface area contributed by atoms with E-state index in [-0.39, 0.29) is 23.9 Å². The summed E-state index contributed by atoms with van der Waals surface area (Å²) in [5.41, 5.74) is 2.17. The molecule has 2 aliphatic heterocycles. The first-order valence-electron chi connectivity index (χ1n) is 8.69. The number of piperazine rings is 1. The van der Waals surface area contributed by atoms with Crippen LogP contribution in [0.15, 0.2) is 24.3 Å². The number of aryl methyl sites for hydroxylation is 1. The van der Waals surface area contributed by atoms with Crippen LogP contribution in [0.4, 0.5) is 0 Å². The Bertz CT molecular complexity index is 643. The molecule has 130 valence electrons. The second-order valence-electron chi connectivity index (χ2n) is 7.32. The van der Waals surface area contributed by atoms with E-state index in [0.717, 1.165) is 24.1 Å². The summed E-state index contributed by atoms with van der Waals surface area (Å²) in [5.74, 6) is 0.145. The van der Waals surface area contributed by atoms with Crippen molar-refractivity contribution in [3.63, 3.8) is 0 Å². The minimum Gasteiger partial charge on any atom is -0.335 e. The van der Waals surface area contributed by atoms with E-state index in [1.165, 1.54) is 0 Å². The monoisotopic (exact) mass is 329 g/mol. The predicted octanol–water partition coefficient (Wildman–Crippen LogP) is 1.30. The van der Waals surface area contributed by atoms with Crippen LogP contribution in [0.5, 0.6) is 0 Å². The molecule has 0 saturated carbocycles. The summed E-state index contributed by atoms with van der Waals surface area (Å²) in [6.07, 6.45) is 1.31. The summed E-state index contributed by atoms with van der Waals surface area (Å²) < 4.78 is 0. The van der Waals surface area contributed by atoms with Crippen LogP contribution in [0.3, 0.4) is 0 Å². The van der Waals surface area contributed by atoms with E-state index in [2.05, 4.69) is 19.0 Å². The van der Waals surface area contributed by atoms with Crippen molar-refractivity contribution < 1.29 is 9.59 Å². The molecule has 1 aromatic rings. The number of carbonyl (C=O) groups excluding carboxylic acids is 2. The fourth-order valence-electron chi connectivity index (χ4n) is 3.86. The number of likely N-dealkylation sites (N-methyl/N-ethyl adjacent to an activating group) is 1. The molecule has 24 heavy (non-hydrogen) atoms. The lowest BCUT2D eigenvalue weighted by Gasteiger charge is -2.41. The maximum atomic E-state index is 12.8. The molecule has 2 saturated heterocycles. The lowest BCUT2D eigenvalue weighted by Crippen LogP contribution is -2.60. The average molecular weight is 329 g/mol. The molecule has 2 aliphatic rings. The van der Waals surface area contributed by atoms with Gasteiger partial charge in [0.05, 0.1) is 12.5 Å². The quantitative estimate of drug-likeness (QED) is 0.840. The van der Waals surface area contributed by atoms with Crippen molar-refractivity contribution in [2.45, 2.75) is 44.8 Å². The second-order valence-corrected chi connectivity index (χ2v) is 7.32. The molecule has 0 bridgehead atoms. The van der Waals surface area contributed by atoms with E-state index in [1.54, 1.807) is 4.90 Å². The van der Waals surface area contributed by atoms with Crippen molar-refractivity contribution in [1.29, 1.82) is 0 Å². The van der Waals surface area contributed by atoms with Crippen molar-refractivity contribution in [3.8, 4) is 0 Å². The highest BCUT2D eigenvalue weighted by Crippen LogP contribution is 2.28. The van der Waals surface area contributed by atoms with Gasteiger partial charge < -0.3 is 14.7 Å². The molecule has 3 rings (SSSR count). The molecule has 1 aromatic carbocycles. The standard InChI is InChI=1S/C19H27N3O2/c1-13-7-5-6-8-15(13)9-18(23)21-12-17-10-16(20(3)4)11-22(17)19(24)14(21)2/h5-8,14,16-17H,9-12H2,1-4H3. The first-order valence-corrected chi connectivity index (χ1v) is 8.69. The fourth-order valence-corrected chi connectivity index (χ4v) is 3.86. The zero-order valence-electron chi connectivity index (χ0n) is 15.0. The van der Waals surface area contributed by atoms with Crippen molar-refractivity contribution in [1.82, 2.24) is 14.7 Å². The van der Waals surface area contributed by atoms with Crippen LogP contribution in [0.2, 0.25) is 0 Å². The van der Waals surface area contributed by atoms with Crippen molar-refractivity contribution in [2.24, 2.45) is 0 Å². The van der Waals surface area contributed by atoms with Gasteiger partial charge in [0.25, 0.3) is 0 Å². The smallest absolute Gasteiger partial charge is 0.245 e. The van der Waals surface area contributed by atoms with Crippen LogP contribution in [-0.2, 0) is 16.0 Å². The largest absolute Gasteiger partial charge is 0.335 e. The van der Waals surface area contributed by atoms with Gasteiger partial charge in [0.15, 0.2) is 0 Å². The molecule has 0 aromatic heterocycles. The van der Waals surface area contributed by atoms with Gasteiger partial charge in [-0.25, -0.2) is 0 Å². The lowest BCUT2D eigenvalue weighted by molar-refractivity contribution is -0.152. The number of hydrogen-bond donors (Lipinski definition) is 0. The van der Waals surface area contributed by atoms with Crippen molar-refractivity contribution in [2.75, 3.05) is 27.2 Å². The van der Waals surface area contributed by atoms with Crippen LogP contribution in [0.1, 0.15) is 24.5 Å². The van der Waals surface area contributed by atoms with Gasteiger partial charge in [-0.3, -0.25) is 9.59 Å². The lowest BCUT2D eigenvalue weighted by atomic mass is 10.0. The summed E-state index contributed by atoms with van der Waals surface area (Å²) in [6.45, 7) is 5.31. The minimum absolute atomic E-state index is 0.0538. The van der Waals surface area contributed by atoms with Gasteiger partial charge in [-0.2, -0.15) is 0 Å². The second kappa shape index (κ2) is 6.55. The summed E-state index contributed by atoms with van der Waals surface area (Å²) in [4.78, 5) is 31.5. The van der Waals surface area contributed by atoms with E-state index in [9.17, 15) is 9.59 Å². The van der Waals surface area contributed by atoms with E-state index < -0.39 is 0 Å². The SMILES string of the molecule is Cc1ccccc1CC(=O)N1CC2CC(N(C)C)CN2C(=O)C1C. The highest BCUT2D eigenvalue weighted by atomic mass is 16.2. The minimum atomic E-state index is -0.362.